The van der Waals surface area contributed by atoms with Crippen molar-refractivity contribution >= 4 is 28.4 Å². The van der Waals surface area contributed by atoms with Crippen LogP contribution in [0.2, 0.25) is 0 Å². The van der Waals surface area contributed by atoms with Crippen molar-refractivity contribution in [2.75, 3.05) is 11.1 Å². The van der Waals surface area contributed by atoms with E-state index in [-0.39, 0.29) is 6.04 Å². The zero-order valence-corrected chi connectivity index (χ0v) is 11.5. The van der Waals surface area contributed by atoms with E-state index < -0.39 is 0 Å². The Morgan fingerprint density at radius 1 is 1.30 bits per heavy atom. The average molecular weight is 270 g/mol. The van der Waals surface area contributed by atoms with Crippen LogP contribution in [0.3, 0.4) is 0 Å². The number of rotatable bonds is 2. The molecule has 0 radical (unpaired) electrons. The Labute approximate surface area is 117 Å². The minimum absolute atomic E-state index is 0.0562. The first kappa shape index (κ1) is 12.8. The van der Waals surface area contributed by atoms with E-state index in [1.807, 2.05) is 6.92 Å². The van der Waals surface area contributed by atoms with E-state index in [4.69, 9.17) is 11.1 Å². The molecule has 3 rings (SSSR count). The zero-order valence-electron chi connectivity index (χ0n) is 11.5. The molecule has 1 aliphatic carbocycles. The molecule has 20 heavy (non-hydrogen) atoms. The first-order chi connectivity index (χ1) is 9.65. The van der Waals surface area contributed by atoms with Crippen molar-refractivity contribution in [3.8, 4) is 0 Å². The molecular formula is C14H18N6. The SMILES string of the molecule is Cc1cnc(N)c2cnc(N[C@@H]3CCCCC3=N)nc12. The molecule has 0 spiro atoms. The molecule has 0 saturated heterocycles. The maximum atomic E-state index is 7.99. The fourth-order valence-corrected chi connectivity index (χ4v) is 2.56. The second-order valence-electron chi connectivity index (χ2n) is 5.25. The number of nitrogens with two attached hydrogens (primary N) is 1. The van der Waals surface area contributed by atoms with E-state index in [0.29, 0.717) is 11.8 Å². The smallest absolute Gasteiger partial charge is 0.223 e. The van der Waals surface area contributed by atoms with Crippen LogP contribution >= 0.6 is 0 Å². The maximum absolute atomic E-state index is 7.99. The summed E-state index contributed by atoms with van der Waals surface area (Å²) < 4.78 is 0. The van der Waals surface area contributed by atoms with Gasteiger partial charge in [0.25, 0.3) is 0 Å². The number of nitrogens with one attached hydrogen (secondary N) is 2. The molecule has 0 unspecified atom stereocenters. The Hall–Kier alpha value is -2.24. The van der Waals surface area contributed by atoms with Gasteiger partial charge in [-0.3, -0.25) is 0 Å². The van der Waals surface area contributed by atoms with Crippen molar-refractivity contribution in [3.05, 3.63) is 18.0 Å². The molecule has 2 heterocycles. The quantitative estimate of drug-likeness (QED) is 0.777. The number of hydrogen-bond acceptors (Lipinski definition) is 6. The lowest BCUT2D eigenvalue weighted by Gasteiger charge is -2.24. The Morgan fingerprint density at radius 3 is 2.95 bits per heavy atom. The van der Waals surface area contributed by atoms with Gasteiger partial charge in [-0.15, -0.1) is 0 Å². The molecule has 6 nitrogen and oxygen atoms in total. The van der Waals surface area contributed by atoms with Gasteiger partial charge >= 0.3 is 0 Å². The van der Waals surface area contributed by atoms with Gasteiger partial charge in [-0.2, -0.15) is 0 Å². The standard InChI is InChI=1S/C14H18N6/c1-8-6-17-13(16)9-7-18-14(20-12(8)9)19-11-5-3-2-4-10(11)15/h6-7,11,15H,2-5H2,1H3,(H2,16,17)(H,18,19,20)/t11-/m1/s1. The summed E-state index contributed by atoms with van der Waals surface area (Å²) in [4.78, 5) is 12.9. The lowest BCUT2D eigenvalue weighted by Crippen LogP contribution is -2.32. The van der Waals surface area contributed by atoms with Crippen molar-refractivity contribution in [2.45, 2.75) is 38.6 Å². The fourth-order valence-electron chi connectivity index (χ4n) is 2.56. The van der Waals surface area contributed by atoms with Gasteiger partial charge in [0.2, 0.25) is 5.95 Å². The van der Waals surface area contributed by atoms with E-state index in [1.54, 1.807) is 12.4 Å². The van der Waals surface area contributed by atoms with E-state index >= 15 is 0 Å². The summed E-state index contributed by atoms with van der Waals surface area (Å²) >= 11 is 0. The Bertz CT molecular complexity index is 666. The lowest BCUT2D eigenvalue weighted by atomic mass is 9.93. The third kappa shape index (κ3) is 2.29. The summed E-state index contributed by atoms with van der Waals surface area (Å²) in [5.74, 6) is 1.01. The van der Waals surface area contributed by atoms with E-state index in [9.17, 15) is 0 Å². The third-order valence-electron chi connectivity index (χ3n) is 3.75. The van der Waals surface area contributed by atoms with Gasteiger partial charge in [0.15, 0.2) is 0 Å². The molecule has 104 valence electrons. The minimum Gasteiger partial charge on any atom is -0.383 e. The number of anilines is 2. The van der Waals surface area contributed by atoms with Crippen molar-refractivity contribution in [2.24, 2.45) is 0 Å². The summed E-state index contributed by atoms with van der Waals surface area (Å²) in [6.45, 7) is 1.95. The summed E-state index contributed by atoms with van der Waals surface area (Å²) in [6.07, 6.45) is 7.50. The van der Waals surface area contributed by atoms with Crippen LogP contribution in [0.1, 0.15) is 31.2 Å². The van der Waals surface area contributed by atoms with Gasteiger partial charge in [0.05, 0.1) is 16.9 Å². The highest BCUT2D eigenvalue weighted by Crippen LogP contribution is 2.22. The molecule has 1 fully saturated rings. The molecule has 2 aromatic heterocycles. The molecule has 2 aromatic rings. The maximum Gasteiger partial charge on any atom is 0.223 e. The molecule has 1 saturated carbocycles. The van der Waals surface area contributed by atoms with Crippen molar-refractivity contribution < 1.29 is 0 Å². The second-order valence-corrected chi connectivity index (χ2v) is 5.25. The highest BCUT2D eigenvalue weighted by Gasteiger charge is 2.19. The van der Waals surface area contributed by atoms with Crippen molar-refractivity contribution in [3.63, 3.8) is 0 Å². The molecule has 0 aliphatic heterocycles. The van der Waals surface area contributed by atoms with Gasteiger partial charge in [0, 0.05) is 18.1 Å². The second kappa shape index (κ2) is 5.03. The molecular weight excluding hydrogens is 252 g/mol. The van der Waals surface area contributed by atoms with E-state index in [0.717, 1.165) is 47.9 Å². The van der Waals surface area contributed by atoms with Gasteiger partial charge in [0.1, 0.15) is 5.82 Å². The number of aryl methyl sites for hydroxylation is 1. The predicted octanol–water partition coefficient (Wildman–Crippen LogP) is 2.29. The van der Waals surface area contributed by atoms with Crippen LogP contribution in [-0.2, 0) is 0 Å². The van der Waals surface area contributed by atoms with Crippen LogP contribution < -0.4 is 11.1 Å². The molecule has 1 atom stereocenters. The van der Waals surface area contributed by atoms with Crippen LogP contribution in [0.4, 0.5) is 11.8 Å². The highest BCUT2D eigenvalue weighted by molar-refractivity contribution is 5.91. The molecule has 0 aromatic carbocycles. The Morgan fingerprint density at radius 2 is 2.15 bits per heavy atom. The summed E-state index contributed by atoms with van der Waals surface area (Å²) in [7, 11) is 0. The number of nitrogen functional groups attached to an aromatic ring is 1. The van der Waals surface area contributed by atoms with E-state index in [1.165, 1.54) is 0 Å². The van der Waals surface area contributed by atoms with Crippen LogP contribution in [0, 0.1) is 12.3 Å². The van der Waals surface area contributed by atoms with Gasteiger partial charge in [-0.25, -0.2) is 15.0 Å². The van der Waals surface area contributed by atoms with Gasteiger partial charge in [-0.1, -0.05) is 6.42 Å². The van der Waals surface area contributed by atoms with Crippen LogP contribution in [0.15, 0.2) is 12.4 Å². The monoisotopic (exact) mass is 270 g/mol. The lowest BCUT2D eigenvalue weighted by molar-refractivity contribution is 0.622. The highest BCUT2D eigenvalue weighted by atomic mass is 15.1. The third-order valence-corrected chi connectivity index (χ3v) is 3.75. The van der Waals surface area contributed by atoms with Gasteiger partial charge < -0.3 is 16.5 Å². The topological polar surface area (TPSA) is 101 Å². The Kier molecular flexibility index (Phi) is 3.22. The predicted molar refractivity (Wildman–Crippen MR) is 80.1 cm³/mol. The first-order valence-electron chi connectivity index (χ1n) is 6.87. The van der Waals surface area contributed by atoms with Crippen molar-refractivity contribution in [1.29, 1.82) is 5.41 Å². The molecule has 0 amide bonds. The summed E-state index contributed by atoms with van der Waals surface area (Å²) in [5.41, 5.74) is 8.37. The van der Waals surface area contributed by atoms with Gasteiger partial charge in [-0.05, 0) is 31.7 Å². The van der Waals surface area contributed by atoms with Crippen molar-refractivity contribution in [1.82, 2.24) is 15.0 Å². The van der Waals surface area contributed by atoms with Crippen LogP contribution in [-0.4, -0.2) is 26.7 Å². The Balaban J connectivity index is 1.93. The minimum atomic E-state index is 0.0562. The molecule has 0 bridgehead atoms. The number of fused-ring (bicyclic) bond motifs is 1. The largest absolute Gasteiger partial charge is 0.383 e. The molecule has 1 aliphatic rings. The molecule has 6 heteroatoms. The first-order valence-corrected chi connectivity index (χ1v) is 6.87. The number of hydrogen-bond donors (Lipinski definition) is 3. The number of nitrogens with zero attached hydrogens (tertiary/aromatic N) is 3. The summed E-state index contributed by atoms with van der Waals surface area (Å²) in [5, 5.41) is 12.0. The zero-order chi connectivity index (χ0) is 14.1. The number of pyridine rings is 1. The van der Waals surface area contributed by atoms with E-state index in [2.05, 4.69) is 20.3 Å². The van der Waals surface area contributed by atoms with Crippen LogP contribution in [0.25, 0.3) is 10.9 Å². The average Bonchev–Trinajstić information content (AvgIpc) is 2.46. The number of aromatic nitrogens is 3. The molecule has 4 N–H and O–H groups in total. The fraction of sp³-hybridized carbons (Fsp3) is 0.429. The van der Waals surface area contributed by atoms with Crippen LogP contribution in [0.5, 0.6) is 0 Å². The summed E-state index contributed by atoms with van der Waals surface area (Å²) in [6, 6.07) is 0.0562. The normalized spacial score (nSPS) is 19.2.